The number of methoxy groups -OCH3 is 2. The Morgan fingerprint density at radius 1 is 1.12 bits per heavy atom. The number of urea groups is 1. The molecule has 1 aliphatic heterocycles. The number of fused-ring (bicyclic) bond motifs is 1. The number of amides is 2. The summed E-state index contributed by atoms with van der Waals surface area (Å²) in [5, 5.41) is 16.7. The highest BCUT2D eigenvalue weighted by molar-refractivity contribution is 5.89. The molecule has 9 nitrogen and oxygen atoms in total. The number of benzene rings is 2. The molecule has 2 aliphatic rings. The molecule has 1 saturated carbocycles. The van der Waals surface area contributed by atoms with Crippen molar-refractivity contribution in [3.63, 3.8) is 0 Å². The second-order valence-electron chi connectivity index (χ2n) is 8.85. The average molecular weight is 455 g/mol. The van der Waals surface area contributed by atoms with Gasteiger partial charge in [-0.2, -0.15) is 0 Å². The van der Waals surface area contributed by atoms with E-state index in [1.807, 2.05) is 6.07 Å². The number of hydrogen-bond donors (Lipinski definition) is 2. The van der Waals surface area contributed by atoms with Crippen LogP contribution in [0, 0.1) is 10.1 Å². The van der Waals surface area contributed by atoms with Crippen molar-refractivity contribution >= 4 is 17.4 Å². The van der Waals surface area contributed by atoms with Crippen molar-refractivity contribution in [2.75, 3.05) is 33.1 Å². The summed E-state index contributed by atoms with van der Waals surface area (Å²) in [6, 6.07) is 12.1. The summed E-state index contributed by atoms with van der Waals surface area (Å²) in [6.45, 7) is 1.00. The largest absolute Gasteiger partial charge is 0.493 e. The maximum atomic E-state index is 12.6. The van der Waals surface area contributed by atoms with E-state index in [9.17, 15) is 14.9 Å². The number of nitro benzene ring substituents is 1. The van der Waals surface area contributed by atoms with Gasteiger partial charge in [0.2, 0.25) is 0 Å². The molecule has 2 amide bonds. The zero-order valence-electron chi connectivity index (χ0n) is 19.2. The van der Waals surface area contributed by atoms with Crippen LogP contribution < -0.4 is 20.1 Å². The minimum absolute atomic E-state index is 0.0102. The van der Waals surface area contributed by atoms with Gasteiger partial charge in [0.1, 0.15) is 0 Å². The van der Waals surface area contributed by atoms with Gasteiger partial charge < -0.3 is 25.0 Å². The number of anilines is 1. The highest BCUT2D eigenvalue weighted by atomic mass is 16.6. The second kappa shape index (κ2) is 9.27. The summed E-state index contributed by atoms with van der Waals surface area (Å²) >= 11 is 0. The molecule has 2 aromatic rings. The number of hydrogen-bond acceptors (Lipinski definition) is 6. The minimum Gasteiger partial charge on any atom is -0.493 e. The van der Waals surface area contributed by atoms with Crippen molar-refractivity contribution in [2.24, 2.45) is 0 Å². The maximum absolute atomic E-state index is 12.6. The normalized spacial score (nSPS) is 24.6. The molecule has 3 atom stereocenters. The van der Waals surface area contributed by atoms with Gasteiger partial charge in [-0.1, -0.05) is 6.07 Å². The zero-order chi connectivity index (χ0) is 23.6. The Balaban J connectivity index is 1.45. The molecule has 2 N–H and O–H groups in total. The van der Waals surface area contributed by atoms with Crippen molar-refractivity contribution in [3.8, 4) is 11.5 Å². The molecule has 2 aromatic carbocycles. The summed E-state index contributed by atoms with van der Waals surface area (Å²) < 4.78 is 11.0. The lowest BCUT2D eigenvalue weighted by atomic mass is 9.65. The Morgan fingerprint density at radius 3 is 2.52 bits per heavy atom. The van der Waals surface area contributed by atoms with E-state index in [4.69, 9.17) is 9.47 Å². The molecule has 4 rings (SSSR count). The van der Waals surface area contributed by atoms with Crippen molar-refractivity contribution in [3.05, 3.63) is 58.1 Å². The number of non-ortho nitro benzene ring substituents is 1. The first-order valence-corrected chi connectivity index (χ1v) is 11.1. The predicted octanol–water partition coefficient (Wildman–Crippen LogP) is 3.93. The third kappa shape index (κ3) is 4.45. The van der Waals surface area contributed by atoms with Crippen LogP contribution in [0.4, 0.5) is 16.2 Å². The van der Waals surface area contributed by atoms with Crippen molar-refractivity contribution in [1.29, 1.82) is 0 Å². The Morgan fingerprint density at radius 2 is 1.85 bits per heavy atom. The molecule has 0 spiro atoms. The standard InChI is InChI=1S/C24H30N4O5/c1-27-13-12-24(16-4-9-20(32-2)21(14-16)33-3)11-10-18(15-22(24)27)26-23(29)25-17-5-7-19(8-6-17)28(30)31/h4-9,14,18,22H,10-13,15H2,1-3H3,(H2,25,26,29)/t18-,22+,24-/m0/s1. The number of ether oxygens (including phenoxy) is 2. The van der Waals surface area contributed by atoms with Gasteiger partial charge in [0.25, 0.3) is 5.69 Å². The highest BCUT2D eigenvalue weighted by Gasteiger charge is 2.50. The summed E-state index contributed by atoms with van der Waals surface area (Å²) in [7, 11) is 5.44. The van der Waals surface area contributed by atoms with E-state index in [2.05, 4.69) is 34.7 Å². The molecular weight excluding hydrogens is 424 g/mol. The molecule has 2 fully saturated rings. The van der Waals surface area contributed by atoms with Crippen molar-refractivity contribution in [1.82, 2.24) is 10.2 Å². The number of likely N-dealkylation sites (N-methyl/N-ethyl adjacent to an activating group) is 1. The molecular formula is C24H30N4O5. The molecule has 0 unspecified atom stereocenters. The van der Waals surface area contributed by atoms with E-state index >= 15 is 0 Å². The second-order valence-corrected chi connectivity index (χ2v) is 8.85. The van der Waals surface area contributed by atoms with Crippen LogP contribution in [0.3, 0.4) is 0 Å². The van der Waals surface area contributed by atoms with Crippen LogP contribution >= 0.6 is 0 Å². The number of nitrogens with one attached hydrogen (secondary N) is 2. The fourth-order valence-corrected chi connectivity index (χ4v) is 5.41. The molecule has 0 bridgehead atoms. The topological polar surface area (TPSA) is 106 Å². The first-order chi connectivity index (χ1) is 15.9. The van der Waals surface area contributed by atoms with Crippen LogP contribution in [0.5, 0.6) is 11.5 Å². The number of rotatable bonds is 6. The van der Waals surface area contributed by atoms with Crippen LogP contribution in [0.15, 0.2) is 42.5 Å². The van der Waals surface area contributed by atoms with Gasteiger partial charge in [-0.25, -0.2) is 4.79 Å². The summed E-state index contributed by atoms with van der Waals surface area (Å²) in [5.74, 6) is 1.46. The summed E-state index contributed by atoms with van der Waals surface area (Å²) in [6.07, 6.45) is 3.73. The van der Waals surface area contributed by atoms with Gasteiger partial charge in [-0.3, -0.25) is 10.1 Å². The summed E-state index contributed by atoms with van der Waals surface area (Å²) in [4.78, 5) is 25.3. The minimum atomic E-state index is -0.464. The van der Waals surface area contributed by atoms with Gasteiger partial charge in [0.15, 0.2) is 11.5 Å². The van der Waals surface area contributed by atoms with E-state index in [0.717, 1.165) is 43.7 Å². The van der Waals surface area contributed by atoms with E-state index in [1.165, 1.54) is 29.8 Å². The first-order valence-electron chi connectivity index (χ1n) is 11.1. The SMILES string of the molecule is COc1ccc([C@@]23CC[C@H](NC(=O)Nc4ccc([N+](=O)[O-])cc4)C[C@H]2N(C)CC3)cc1OC. The van der Waals surface area contributed by atoms with Gasteiger partial charge in [0, 0.05) is 35.3 Å². The Bertz CT molecular complexity index is 1030. The fraction of sp³-hybridized carbons (Fsp3) is 0.458. The molecule has 33 heavy (non-hydrogen) atoms. The lowest BCUT2D eigenvalue weighted by molar-refractivity contribution is -0.384. The van der Waals surface area contributed by atoms with E-state index in [-0.39, 0.29) is 23.2 Å². The van der Waals surface area contributed by atoms with Crippen LogP contribution in [-0.4, -0.2) is 55.8 Å². The van der Waals surface area contributed by atoms with Crippen LogP contribution in [0.25, 0.3) is 0 Å². The van der Waals surface area contributed by atoms with Crippen LogP contribution in [0.1, 0.15) is 31.2 Å². The quantitative estimate of drug-likeness (QED) is 0.506. The van der Waals surface area contributed by atoms with Crippen LogP contribution in [-0.2, 0) is 5.41 Å². The third-order valence-electron chi connectivity index (χ3n) is 7.16. The average Bonchev–Trinajstić information content (AvgIpc) is 3.16. The van der Waals surface area contributed by atoms with E-state index in [0.29, 0.717) is 11.7 Å². The lowest BCUT2D eigenvalue weighted by Gasteiger charge is -2.45. The molecule has 1 saturated heterocycles. The highest BCUT2D eigenvalue weighted by Crippen LogP contribution is 2.49. The monoisotopic (exact) mass is 454 g/mol. The number of nitro groups is 1. The molecule has 0 radical (unpaired) electrons. The molecule has 1 heterocycles. The molecule has 1 aliphatic carbocycles. The van der Waals surface area contributed by atoms with Gasteiger partial charge in [0.05, 0.1) is 19.1 Å². The summed E-state index contributed by atoms with van der Waals surface area (Å²) in [5.41, 5.74) is 1.78. The van der Waals surface area contributed by atoms with Gasteiger partial charge in [-0.05, 0) is 69.1 Å². The maximum Gasteiger partial charge on any atom is 0.319 e. The number of carbonyl (C=O) groups excluding carboxylic acids is 1. The first kappa shape index (κ1) is 22.8. The van der Waals surface area contributed by atoms with Crippen molar-refractivity contribution < 1.29 is 19.2 Å². The Labute approximate surface area is 193 Å². The van der Waals surface area contributed by atoms with E-state index in [1.54, 1.807) is 14.2 Å². The predicted molar refractivity (Wildman–Crippen MR) is 125 cm³/mol. The third-order valence-corrected chi connectivity index (χ3v) is 7.16. The van der Waals surface area contributed by atoms with E-state index < -0.39 is 4.92 Å². The van der Waals surface area contributed by atoms with Gasteiger partial charge >= 0.3 is 6.03 Å². The molecule has 9 heteroatoms. The molecule has 176 valence electrons. The molecule has 0 aromatic heterocycles. The Kier molecular flexibility index (Phi) is 6.42. The van der Waals surface area contributed by atoms with Crippen LogP contribution in [0.2, 0.25) is 0 Å². The number of likely N-dealkylation sites (tertiary alicyclic amines) is 1. The fourth-order valence-electron chi connectivity index (χ4n) is 5.41. The smallest absolute Gasteiger partial charge is 0.319 e. The van der Waals surface area contributed by atoms with Crippen molar-refractivity contribution in [2.45, 2.75) is 43.2 Å². The zero-order valence-corrected chi connectivity index (χ0v) is 19.2. The lowest BCUT2D eigenvalue weighted by Crippen LogP contribution is -2.52. The van der Waals surface area contributed by atoms with Gasteiger partial charge in [-0.15, -0.1) is 0 Å². The number of carbonyl (C=O) groups is 1. The number of nitrogens with zero attached hydrogens (tertiary/aromatic N) is 2. The Hall–Kier alpha value is -3.33.